The van der Waals surface area contributed by atoms with Gasteiger partial charge in [-0.15, -0.1) is 0 Å². The summed E-state index contributed by atoms with van der Waals surface area (Å²) in [6.07, 6.45) is 1.57. The topological polar surface area (TPSA) is 55.3 Å². The Balaban J connectivity index is 2.30. The summed E-state index contributed by atoms with van der Waals surface area (Å²) >= 11 is 1.92. The van der Waals surface area contributed by atoms with Gasteiger partial charge in [0.05, 0.1) is 6.61 Å². The average molecular weight is 267 g/mol. The van der Waals surface area contributed by atoms with Crippen LogP contribution < -0.4 is 4.90 Å². The number of anilines is 1. The van der Waals surface area contributed by atoms with Gasteiger partial charge < -0.3 is 9.64 Å². The van der Waals surface area contributed by atoms with Crippen molar-refractivity contribution in [1.29, 1.82) is 0 Å². The molecule has 5 nitrogen and oxygen atoms in total. The van der Waals surface area contributed by atoms with Crippen LogP contribution in [0.25, 0.3) is 0 Å². The zero-order chi connectivity index (χ0) is 13.0. The van der Waals surface area contributed by atoms with Crippen LogP contribution in [0.3, 0.4) is 0 Å². The standard InChI is InChI=1S/C12H17N3O2S/c1-3-17-12(16)10-8-13-9(2)14-11(10)15-4-6-18-7-5-15/h8H,3-7H2,1-2H3. The molecule has 1 saturated heterocycles. The Labute approximate surface area is 111 Å². The summed E-state index contributed by atoms with van der Waals surface area (Å²) < 4.78 is 5.05. The molecule has 18 heavy (non-hydrogen) atoms. The van der Waals surface area contributed by atoms with Crippen molar-refractivity contribution in [2.24, 2.45) is 0 Å². The molecule has 0 bridgehead atoms. The van der Waals surface area contributed by atoms with E-state index in [-0.39, 0.29) is 5.97 Å². The second-order valence-corrected chi connectivity index (χ2v) is 5.20. The Morgan fingerprint density at radius 3 is 2.89 bits per heavy atom. The normalized spacial score (nSPS) is 15.6. The molecule has 0 saturated carbocycles. The van der Waals surface area contributed by atoms with Gasteiger partial charge in [0.15, 0.2) is 0 Å². The summed E-state index contributed by atoms with van der Waals surface area (Å²) in [5.74, 6) is 3.17. The van der Waals surface area contributed by atoms with Gasteiger partial charge in [0.2, 0.25) is 0 Å². The van der Waals surface area contributed by atoms with Crippen molar-refractivity contribution in [2.45, 2.75) is 13.8 Å². The summed E-state index contributed by atoms with van der Waals surface area (Å²) in [6.45, 7) is 5.81. The maximum Gasteiger partial charge on any atom is 0.343 e. The number of carbonyl (C=O) groups is 1. The summed E-state index contributed by atoms with van der Waals surface area (Å²) in [6, 6.07) is 0. The Bertz CT molecular complexity index is 433. The van der Waals surface area contributed by atoms with Crippen LogP contribution in [0.5, 0.6) is 0 Å². The Morgan fingerprint density at radius 1 is 1.50 bits per heavy atom. The molecule has 0 unspecified atom stereocenters. The van der Waals surface area contributed by atoms with Crippen LogP contribution >= 0.6 is 11.8 Å². The molecule has 1 fully saturated rings. The van der Waals surface area contributed by atoms with E-state index in [0.29, 0.717) is 23.8 Å². The first-order chi connectivity index (χ1) is 8.72. The average Bonchev–Trinajstić information content (AvgIpc) is 2.40. The van der Waals surface area contributed by atoms with Gasteiger partial charge in [-0.1, -0.05) is 0 Å². The summed E-state index contributed by atoms with van der Waals surface area (Å²) in [4.78, 5) is 22.5. The lowest BCUT2D eigenvalue weighted by molar-refractivity contribution is 0.0526. The highest BCUT2D eigenvalue weighted by Crippen LogP contribution is 2.22. The molecule has 0 aliphatic carbocycles. The van der Waals surface area contributed by atoms with E-state index in [0.717, 1.165) is 24.6 Å². The van der Waals surface area contributed by atoms with Gasteiger partial charge in [0, 0.05) is 30.8 Å². The van der Waals surface area contributed by atoms with Crippen LogP contribution in [0.1, 0.15) is 23.1 Å². The lowest BCUT2D eigenvalue weighted by Gasteiger charge is -2.28. The van der Waals surface area contributed by atoms with Crippen molar-refractivity contribution in [2.75, 3.05) is 36.1 Å². The zero-order valence-electron chi connectivity index (χ0n) is 10.7. The number of aromatic nitrogens is 2. The van der Waals surface area contributed by atoms with Crippen LogP contribution in [0.2, 0.25) is 0 Å². The third kappa shape index (κ3) is 2.93. The molecule has 0 radical (unpaired) electrons. The van der Waals surface area contributed by atoms with Crippen molar-refractivity contribution < 1.29 is 9.53 Å². The number of nitrogens with zero attached hydrogens (tertiary/aromatic N) is 3. The van der Waals surface area contributed by atoms with E-state index < -0.39 is 0 Å². The van der Waals surface area contributed by atoms with E-state index in [4.69, 9.17) is 4.74 Å². The number of rotatable bonds is 3. The van der Waals surface area contributed by atoms with Crippen LogP contribution in [0.4, 0.5) is 5.82 Å². The highest BCUT2D eigenvalue weighted by molar-refractivity contribution is 7.99. The molecule has 6 heteroatoms. The minimum absolute atomic E-state index is 0.342. The largest absolute Gasteiger partial charge is 0.462 e. The van der Waals surface area contributed by atoms with Gasteiger partial charge in [0.1, 0.15) is 17.2 Å². The number of hydrogen-bond acceptors (Lipinski definition) is 6. The van der Waals surface area contributed by atoms with E-state index in [1.165, 1.54) is 0 Å². The second kappa shape index (κ2) is 6.04. The lowest BCUT2D eigenvalue weighted by Crippen LogP contribution is -2.34. The predicted molar refractivity (Wildman–Crippen MR) is 72.3 cm³/mol. The smallest absolute Gasteiger partial charge is 0.343 e. The van der Waals surface area contributed by atoms with Gasteiger partial charge in [-0.3, -0.25) is 0 Å². The van der Waals surface area contributed by atoms with Crippen molar-refractivity contribution >= 4 is 23.5 Å². The molecular weight excluding hydrogens is 250 g/mol. The molecule has 0 atom stereocenters. The molecule has 2 rings (SSSR count). The monoisotopic (exact) mass is 267 g/mol. The molecule has 1 aromatic rings. The highest BCUT2D eigenvalue weighted by Gasteiger charge is 2.21. The highest BCUT2D eigenvalue weighted by atomic mass is 32.2. The van der Waals surface area contributed by atoms with Crippen molar-refractivity contribution in [3.8, 4) is 0 Å². The van der Waals surface area contributed by atoms with Gasteiger partial charge in [-0.2, -0.15) is 11.8 Å². The first-order valence-corrected chi connectivity index (χ1v) is 7.21. The summed E-state index contributed by atoms with van der Waals surface area (Å²) in [5.41, 5.74) is 0.467. The molecule has 0 amide bonds. The van der Waals surface area contributed by atoms with E-state index in [9.17, 15) is 4.79 Å². The molecule has 0 aromatic carbocycles. The van der Waals surface area contributed by atoms with Crippen LogP contribution in [0, 0.1) is 6.92 Å². The Morgan fingerprint density at radius 2 is 2.22 bits per heavy atom. The van der Waals surface area contributed by atoms with E-state index in [1.54, 1.807) is 13.1 Å². The fourth-order valence-electron chi connectivity index (χ4n) is 1.83. The van der Waals surface area contributed by atoms with Crippen molar-refractivity contribution in [3.05, 3.63) is 17.6 Å². The molecule has 1 aliphatic rings. The van der Waals surface area contributed by atoms with E-state index >= 15 is 0 Å². The lowest BCUT2D eigenvalue weighted by atomic mass is 10.2. The van der Waals surface area contributed by atoms with Crippen molar-refractivity contribution in [1.82, 2.24) is 9.97 Å². The third-order valence-corrected chi connectivity index (χ3v) is 3.64. The van der Waals surface area contributed by atoms with Crippen molar-refractivity contribution in [3.63, 3.8) is 0 Å². The molecule has 0 N–H and O–H groups in total. The molecule has 1 aromatic heterocycles. The number of esters is 1. The quantitative estimate of drug-likeness (QED) is 0.774. The van der Waals surface area contributed by atoms with Gasteiger partial charge in [-0.05, 0) is 13.8 Å². The van der Waals surface area contributed by atoms with Crippen LogP contribution in [-0.2, 0) is 4.74 Å². The SMILES string of the molecule is CCOC(=O)c1cnc(C)nc1N1CCSCC1. The number of carbonyl (C=O) groups excluding carboxylic acids is 1. The van der Waals surface area contributed by atoms with Crippen LogP contribution in [0.15, 0.2) is 6.20 Å². The fourth-order valence-corrected chi connectivity index (χ4v) is 2.73. The van der Waals surface area contributed by atoms with E-state index in [2.05, 4.69) is 14.9 Å². The summed E-state index contributed by atoms with van der Waals surface area (Å²) in [7, 11) is 0. The fraction of sp³-hybridized carbons (Fsp3) is 0.583. The molecular formula is C12H17N3O2S. The molecule has 0 spiro atoms. The number of thioether (sulfide) groups is 1. The number of hydrogen-bond donors (Lipinski definition) is 0. The van der Waals surface area contributed by atoms with Crippen LogP contribution in [-0.4, -0.2) is 47.1 Å². The minimum atomic E-state index is -0.342. The first-order valence-electron chi connectivity index (χ1n) is 6.06. The zero-order valence-corrected chi connectivity index (χ0v) is 11.5. The van der Waals surface area contributed by atoms with Gasteiger partial charge in [0.25, 0.3) is 0 Å². The molecule has 1 aliphatic heterocycles. The predicted octanol–water partition coefficient (Wildman–Crippen LogP) is 1.51. The number of ether oxygens (including phenoxy) is 1. The third-order valence-electron chi connectivity index (χ3n) is 2.70. The Hall–Kier alpha value is -1.30. The summed E-state index contributed by atoms with van der Waals surface area (Å²) in [5, 5.41) is 0. The van der Waals surface area contributed by atoms with Gasteiger partial charge >= 0.3 is 5.97 Å². The molecule has 98 valence electrons. The second-order valence-electron chi connectivity index (χ2n) is 3.97. The maximum atomic E-state index is 11.9. The Kier molecular flexibility index (Phi) is 4.41. The first kappa shape index (κ1) is 13.1. The van der Waals surface area contributed by atoms with Gasteiger partial charge in [-0.25, -0.2) is 14.8 Å². The molecule has 2 heterocycles. The van der Waals surface area contributed by atoms with E-state index in [1.807, 2.05) is 18.7 Å². The minimum Gasteiger partial charge on any atom is -0.462 e. The maximum absolute atomic E-state index is 11.9. The number of aryl methyl sites for hydroxylation is 1.